The molecule has 0 saturated carbocycles. The third-order valence-corrected chi connectivity index (χ3v) is 4.16. The van der Waals surface area contributed by atoms with Crippen molar-refractivity contribution in [2.45, 2.75) is 24.9 Å². The second-order valence-corrected chi connectivity index (χ2v) is 5.48. The van der Waals surface area contributed by atoms with Crippen LogP contribution in [0.3, 0.4) is 0 Å². The normalized spacial score (nSPS) is 30.6. The van der Waals surface area contributed by atoms with E-state index in [1.54, 1.807) is 6.07 Å². The number of carbonyl (C=O) groups is 1. The average molecular weight is 261 g/mol. The van der Waals surface area contributed by atoms with Gasteiger partial charge in [-0.25, -0.2) is 0 Å². The molecule has 19 heavy (non-hydrogen) atoms. The Balaban J connectivity index is 1.78. The van der Waals surface area contributed by atoms with E-state index in [1.165, 1.54) is 0 Å². The zero-order chi connectivity index (χ0) is 13.3. The standard InChI is InChI=1S/C15H19NO3/c16-13-4-2-1-3-12(13)14(17)11-5-7-19-15(9-11)6-8-18-10-15/h1-4,11H,5-10,16H2. The number of para-hydroxylation sites is 1. The maximum absolute atomic E-state index is 12.6. The topological polar surface area (TPSA) is 61.6 Å². The SMILES string of the molecule is Nc1ccccc1C(=O)C1CCOC2(CCOC2)C1. The van der Waals surface area contributed by atoms with Crippen LogP contribution < -0.4 is 5.73 Å². The Morgan fingerprint density at radius 2 is 2.16 bits per heavy atom. The highest BCUT2D eigenvalue weighted by atomic mass is 16.6. The first-order valence-corrected chi connectivity index (χ1v) is 6.81. The Kier molecular flexibility index (Phi) is 3.29. The van der Waals surface area contributed by atoms with Crippen molar-refractivity contribution in [3.63, 3.8) is 0 Å². The van der Waals surface area contributed by atoms with Crippen LogP contribution in [0.5, 0.6) is 0 Å². The van der Waals surface area contributed by atoms with E-state index in [1.807, 2.05) is 18.2 Å². The fourth-order valence-electron chi connectivity index (χ4n) is 3.06. The van der Waals surface area contributed by atoms with Crippen molar-refractivity contribution >= 4 is 11.5 Å². The van der Waals surface area contributed by atoms with Gasteiger partial charge in [0.1, 0.15) is 0 Å². The fraction of sp³-hybridized carbons (Fsp3) is 0.533. The van der Waals surface area contributed by atoms with Gasteiger partial charge in [-0.1, -0.05) is 12.1 Å². The van der Waals surface area contributed by atoms with Crippen molar-refractivity contribution < 1.29 is 14.3 Å². The number of hydrogen-bond donors (Lipinski definition) is 1. The van der Waals surface area contributed by atoms with Crippen molar-refractivity contribution in [1.29, 1.82) is 0 Å². The fourth-order valence-corrected chi connectivity index (χ4v) is 3.06. The first-order valence-electron chi connectivity index (χ1n) is 6.81. The average Bonchev–Trinajstić information content (AvgIpc) is 2.86. The van der Waals surface area contributed by atoms with E-state index in [-0.39, 0.29) is 17.3 Å². The van der Waals surface area contributed by atoms with Gasteiger partial charge in [-0.05, 0) is 25.0 Å². The first kappa shape index (κ1) is 12.6. The highest BCUT2D eigenvalue weighted by Crippen LogP contribution is 2.37. The van der Waals surface area contributed by atoms with Gasteiger partial charge in [0, 0.05) is 36.8 Å². The molecule has 1 spiro atoms. The zero-order valence-corrected chi connectivity index (χ0v) is 10.9. The van der Waals surface area contributed by atoms with E-state index < -0.39 is 0 Å². The number of rotatable bonds is 2. The van der Waals surface area contributed by atoms with Crippen LogP contribution in [0.15, 0.2) is 24.3 Å². The van der Waals surface area contributed by atoms with Crippen LogP contribution in [0.2, 0.25) is 0 Å². The van der Waals surface area contributed by atoms with Crippen LogP contribution in [0, 0.1) is 5.92 Å². The number of nitrogens with two attached hydrogens (primary N) is 1. The highest BCUT2D eigenvalue weighted by Gasteiger charge is 2.43. The van der Waals surface area contributed by atoms with Crippen LogP contribution >= 0.6 is 0 Å². The van der Waals surface area contributed by atoms with Gasteiger partial charge in [0.05, 0.1) is 12.2 Å². The molecule has 4 heteroatoms. The van der Waals surface area contributed by atoms with Crippen LogP contribution in [-0.2, 0) is 9.47 Å². The maximum Gasteiger partial charge on any atom is 0.168 e. The smallest absolute Gasteiger partial charge is 0.168 e. The van der Waals surface area contributed by atoms with Crippen molar-refractivity contribution in [1.82, 2.24) is 0 Å². The van der Waals surface area contributed by atoms with Crippen molar-refractivity contribution in [3.8, 4) is 0 Å². The van der Waals surface area contributed by atoms with Crippen LogP contribution in [0.1, 0.15) is 29.6 Å². The predicted octanol–water partition coefficient (Wildman–Crippen LogP) is 2.04. The predicted molar refractivity (Wildman–Crippen MR) is 72.0 cm³/mol. The Labute approximate surface area is 112 Å². The van der Waals surface area contributed by atoms with Gasteiger partial charge in [0.25, 0.3) is 0 Å². The lowest BCUT2D eigenvalue weighted by atomic mass is 9.81. The summed E-state index contributed by atoms with van der Waals surface area (Å²) in [4.78, 5) is 12.6. The van der Waals surface area contributed by atoms with Gasteiger partial charge < -0.3 is 15.2 Å². The minimum Gasteiger partial charge on any atom is -0.398 e. The van der Waals surface area contributed by atoms with Gasteiger partial charge >= 0.3 is 0 Å². The van der Waals surface area contributed by atoms with E-state index in [9.17, 15) is 4.79 Å². The second-order valence-electron chi connectivity index (χ2n) is 5.48. The van der Waals surface area contributed by atoms with E-state index in [2.05, 4.69) is 0 Å². The lowest BCUT2D eigenvalue weighted by Gasteiger charge is -2.36. The Morgan fingerprint density at radius 3 is 2.89 bits per heavy atom. The Morgan fingerprint density at radius 1 is 1.32 bits per heavy atom. The van der Waals surface area contributed by atoms with E-state index in [0.717, 1.165) is 25.9 Å². The first-order chi connectivity index (χ1) is 9.20. The summed E-state index contributed by atoms with van der Waals surface area (Å²) in [5, 5.41) is 0. The molecule has 1 aromatic carbocycles. The van der Waals surface area contributed by atoms with Crippen molar-refractivity contribution in [2.24, 2.45) is 5.92 Å². The number of carbonyl (C=O) groups excluding carboxylic acids is 1. The van der Waals surface area contributed by atoms with Gasteiger partial charge in [0.2, 0.25) is 0 Å². The molecule has 1 aromatic rings. The summed E-state index contributed by atoms with van der Waals surface area (Å²) in [5.74, 6) is 0.146. The summed E-state index contributed by atoms with van der Waals surface area (Å²) < 4.78 is 11.3. The third kappa shape index (κ3) is 2.38. The van der Waals surface area contributed by atoms with Gasteiger partial charge in [-0.2, -0.15) is 0 Å². The summed E-state index contributed by atoms with van der Waals surface area (Å²) in [6, 6.07) is 7.30. The molecule has 4 nitrogen and oxygen atoms in total. The molecule has 2 aliphatic heterocycles. The molecule has 0 aromatic heterocycles. The van der Waals surface area contributed by atoms with Crippen molar-refractivity contribution in [3.05, 3.63) is 29.8 Å². The number of Topliss-reactive ketones (excluding diaryl/α,β-unsaturated/α-hetero) is 1. The number of ketones is 1. The van der Waals surface area contributed by atoms with Gasteiger partial charge in [-0.15, -0.1) is 0 Å². The van der Waals surface area contributed by atoms with Crippen LogP contribution in [-0.4, -0.2) is 31.2 Å². The molecular weight excluding hydrogens is 242 g/mol. The maximum atomic E-state index is 12.6. The van der Waals surface area contributed by atoms with Gasteiger partial charge in [0.15, 0.2) is 5.78 Å². The molecular formula is C15H19NO3. The number of benzene rings is 1. The zero-order valence-electron chi connectivity index (χ0n) is 10.9. The highest BCUT2D eigenvalue weighted by molar-refractivity contribution is 6.02. The molecule has 2 unspecified atom stereocenters. The number of nitrogen functional groups attached to an aromatic ring is 1. The molecule has 2 heterocycles. The molecule has 0 bridgehead atoms. The minimum absolute atomic E-state index is 0.000139. The Hall–Kier alpha value is -1.39. The molecule has 2 saturated heterocycles. The molecule has 3 rings (SSSR count). The molecule has 2 aliphatic rings. The molecule has 2 fully saturated rings. The lowest BCUT2D eigenvalue weighted by Crippen LogP contribution is -2.42. The molecule has 2 N–H and O–H groups in total. The van der Waals surface area contributed by atoms with E-state index >= 15 is 0 Å². The number of ether oxygens (including phenoxy) is 2. The van der Waals surface area contributed by atoms with Crippen molar-refractivity contribution in [2.75, 3.05) is 25.6 Å². The van der Waals surface area contributed by atoms with Crippen LogP contribution in [0.25, 0.3) is 0 Å². The molecule has 0 radical (unpaired) electrons. The Bertz CT molecular complexity index is 480. The quantitative estimate of drug-likeness (QED) is 0.653. The monoisotopic (exact) mass is 261 g/mol. The minimum atomic E-state index is -0.234. The van der Waals surface area contributed by atoms with E-state index in [0.29, 0.717) is 24.5 Å². The molecule has 2 atom stereocenters. The van der Waals surface area contributed by atoms with Gasteiger partial charge in [-0.3, -0.25) is 4.79 Å². The second kappa shape index (κ2) is 4.94. The summed E-state index contributed by atoms with van der Waals surface area (Å²) in [5.41, 5.74) is 6.87. The van der Waals surface area contributed by atoms with Crippen LogP contribution in [0.4, 0.5) is 5.69 Å². The summed E-state index contributed by atoms with van der Waals surface area (Å²) in [6.45, 7) is 1.97. The third-order valence-electron chi connectivity index (χ3n) is 4.16. The number of anilines is 1. The molecule has 102 valence electrons. The summed E-state index contributed by atoms with van der Waals surface area (Å²) >= 11 is 0. The molecule has 0 amide bonds. The largest absolute Gasteiger partial charge is 0.398 e. The summed E-state index contributed by atoms with van der Waals surface area (Å²) in [7, 11) is 0. The van der Waals surface area contributed by atoms with E-state index in [4.69, 9.17) is 15.2 Å². The lowest BCUT2D eigenvalue weighted by molar-refractivity contribution is -0.0920. The summed E-state index contributed by atoms with van der Waals surface area (Å²) in [6.07, 6.45) is 2.41. The molecule has 0 aliphatic carbocycles. The number of hydrogen-bond acceptors (Lipinski definition) is 4.